The van der Waals surface area contributed by atoms with E-state index in [1.54, 1.807) is 0 Å². The van der Waals surface area contributed by atoms with Crippen LogP contribution in [0, 0.1) is 0 Å². The zero-order chi connectivity index (χ0) is 14.5. The number of carbonyl (C=O) groups is 2. The fourth-order valence-electron chi connectivity index (χ4n) is 1.24. The summed E-state index contributed by atoms with van der Waals surface area (Å²) in [5, 5.41) is 8.89. The van der Waals surface area contributed by atoms with Gasteiger partial charge >= 0.3 is 11.9 Å². The van der Waals surface area contributed by atoms with E-state index >= 15 is 0 Å². The molecule has 9 heteroatoms. The first kappa shape index (κ1) is 15.1. The molecular weight excluding hydrogens is 276 g/mol. The van der Waals surface area contributed by atoms with Crippen LogP contribution in [0.1, 0.15) is 16.8 Å². The first-order chi connectivity index (χ1) is 8.88. The predicted octanol–water partition coefficient (Wildman–Crippen LogP) is -0.379. The van der Waals surface area contributed by atoms with Crippen molar-refractivity contribution in [3.8, 4) is 0 Å². The molecule has 8 nitrogen and oxygen atoms in total. The van der Waals surface area contributed by atoms with Crippen molar-refractivity contribution in [3.05, 3.63) is 24.0 Å². The Morgan fingerprint density at radius 2 is 2.16 bits per heavy atom. The number of methoxy groups -OCH3 is 1. The number of aromatic carboxylic acids is 1. The molecule has 0 aliphatic heterocycles. The molecule has 1 heterocycles. The Bertz CT molecular complexity index is 583. The van der Waals surface area contributed by atoms with Crippen LogP contribution in [-0.2, 0) is 19.6 Å². The average Bonchev–Trinajstić information content (AvgIpc) is 2.38. The minimum atomic E-state index is -4.04. The Labute approximate surface area is 109 Å². The third-order valence-electron chi connectivity index (χ3n) is 2.15. The zero-order valence-corrected chi connectivity index (χ0v) is 10.8. The van der Waals surface area contributed by atoms with Crippen molar-refractivity contribution in [2.45, 2.75) is 11.3 Å². The number of pyridine rings is 1. The molecule has 1 rings (SSSR count). The number of carboxylic acids is 1. The lowest BCUT2D eigenvalue weighted by atomic mass is 10.3. The van der Waals surface area contributed by atoms with E-state index in [1.807, 2.05) is 0 Å². The first-order valence-corrected chi connectivity index (χ1v) is 6.60. The number of carboxylic acid groups (broad SMARTS) is 1. The summed E-state index contributed by atoms with van der Waals surface area (Å²) in [6, 6.07) is 1.08. The molecular formula is C10H12N2O6S. The molecule has 19 heavy (non-hydrogen) atoms. The lowest BCUT2D eigenvalue weighted by molar-refractivity contribution is -0.140. The van der Waals surface area contributed by atoms with E-state index in [-0.39, 0.29) is 18.5 Å². The largest absolute Gasteiger partial charge is 0.478 e. The van der Waals surface area contributed by atoms with E-state index in [2.05, 4.69) is 14.4 Å². The van der Waals surface area contributed by atoms with Crippen LogP contribution >= 0.6 is 0 Å². The number of nitrogens with one attached hydrogen (secondary N) is 1. The van der Waals surface area contributed by atoms with Gasteiger partial charge in [0.15, 0.2) is 0 Å². The molecule has 0 spiro atoms. The molecule has 0 aliphatic carbocycles. The van der Waals surface area contributed by atoms with E-state index in [0.717, 1.165) is 12.3 Å². The van der Waals surface area contributed by atoms with Gasteiger partial charge < -0.3 is 9.84 Å². The molecule has 0 atom stereocenters. The van der Waals surface area contributed by atoms with E-state index in [9.17, 15) is 18.0 Å². The van der Waals surface area contributed by atoms with Crippen molar-refractivity contribution in [3.63, 3.8) is 0 Å². The lowest BCUT2D eigenvalue weighted by Gasteiger charge is -2.08. The van der Waals surface area contributed by atoms with E-state index in [0.29, 0.717) is 0 Å². The van der Waals surface area contributed by atoms with Crippen molar-refractivity contribution >= 4 is 22.0 Å². The highest BCUT2D eigenvalue weighted by Crippen LogP contribution is 2.13. The normalized spacial score (nSPS) is 11.0. The molecule has 1 aromatic heterocycles. The van der Waals surface area contributed by atoms with Crippen molar-refractivity contribution in [1.29, 1.82) is 0 Å². The highest BCUT2D eigenvalue weighted by atomic mass is 32.2. The maximum Gasteiger partial charge on any atom is 0.337 e. The highest BCUT2D eigenvalue weighted by Gasteiger charge is 2.22. The van der Waals surface area contributed by atoms with Crippen LogP contribution in [-0.4, -0.2) is 44.1 Å². The van der Waals surface area contributed by atoms with Crippen LogP contribution in [0.5, 0.6) is 0 Å². The number of hydrogen-bond acceptors (Lipinski definition) is 6. The Balaban J connectivity index is 2.89. The van der Waals surface area contributed by atoms with Crippen molar-refractivity contribution < 1.29 is 27.9 Å². The van der Waals surface area contributed by atoms with Gasteiger partial charge in [-0.3, -0.25) is 9.78 Å². The van der Waals surface area contributed by atoms with Gasteiger partial charge in [0, 0.05) is 18.9 Å². The summed E-state index contributed by atoms with van der Waals surface area (Å²) in [4.78, 5) is 24.9. The minimum absolute atomic E-state index is 0.154. The Morgan fingerprint density at radius 3 is 2.74 bits per heavy atom. The molecule has 0 bridgehead atoms. The SMILES string of the molecule is COC(=O)CCNS(=O)(=O)c1cnccc1C(=O)O. The monoisotopic (exact) mass is 288 g/mol. The second-order valence-electron chi connectivity index (χ2n) is 3.40. The van der Waals surface area contributed by atoms with Crippen LogP contribution in [0.3, 0.4) is 0 Å². The Kier molecular flexibility index (Phi) is 4.95. The number of esters is 1. The van der Waals surface area contributed by atoms with Crippen LogP contribution in [0.25, 0.3) is 0 Å². The number of sulfonamides is 1. The Hall–Kier alpha value is -2.00. The molecule has 0 unspecified atom stereocenters. The Morgan fingerprint density at radius 1 is 1.47 bits per heavy atom. The fraction of sp³-hybridized carbons (Fsp3) is 0.300. The number of hydrogen-bond donors (Lipinski definition) is 2. The summed E-state index contributed by atoms with van der Waals surface area (Å²) in [7, 11) is -2.86. The molecule has 0 amide bonds. The number of aromatic nitrogens is 1. The van der Waals surface area contributed by atoms with Gasteiger partial charge in [-0.05, 0) is 6.07 Å². The molecule has 1 aromatic rings. The number of ether oxygens (including phenoxy) is 1. The summed E-state index contributed by atoms with van der Waals surface area (Å²) in [5.74, 6) is -1.96. The average molecular weight is 288 g/mol. The van der Waals surface area contributed by atoms with Crippen molar-refractivity contribution in [1.82, 2.24) is 9.71 Å². The fourth-order valence-corrected chi connectivity index (χ4v) is 2.41. The molecule has 0 aromatic carbocycles. The van der Waals surface area contributed by atoms with E-state index in [1.165, 1.54) is 13.3 Å². The summed E-state index contributed by atoms with van der Waals surface area (Å²) >= 11 is 0. The third kappa shape index (κ3) is 4.00. The van der Waals surface area contributed by atoms with Gasteiger partial charge in [0.2, 0.25) is 10.0 Å². The second kappa shape index (κ2) is 6.25. The van der Waals surface area contributed by atoms with E-state index < -0.39 is 26.9 Å². The number of nitrogens with zero attached hydrogens (tertiary/aromatic N) is 1. The highest BCUT2D eigenvalue weighted by molar-refractivity contribution is 7.89. The zero-order valence-electron chi connectivity index (χ0n) is 9.99. The lowest BCUT2D eigenvalue weighted by Crippen LogP contribution is -2.28. The summed E-state index contributed by atoms with van der Waals surface area (Å²) in [5.41, 5.74) is -0.388. The first-order valence-electron chi connectivity index (χ1n) is 5.12. The molecule has 104 valence electrons. The van der Waals surface area contributed by atoms with Gasteiger partial charge in [-0.1, -0.05) is 0 Å². The standard InChI is InChI=1S/C10H12N2O6S/c1-18-9(13)3-5-12-19(16,17)8-6-11-4-2-7(8)10(14)15/h2,4,6,12H,3,5H2,1H3,(H,14,15). The van der Waals surface area contributed by atoms with Gasteiger partial charge in [0.1, 0.15) is 4.90 Å². The molecule has 0 fully saturated rings. The van der Waals surface area contributed by atoms with Gasteiger partial charge in [-0.15, -0.1) is 0 Å². The van der Waals surface area contributed by atoms with Gasteiger partial charge in [0.25, 0.3) is 0 Å². The number of rotatable bonds is 6. The minimum Gasteiger partial charge on any atom is -0.478 e. The summed E-state index contributed by atoms with van der Waals surface area (Å²) in [6.07, 6.45) is 1.96. The van der Waals surface area contributed by atoms with E-state index in [4.69, 9.17) is 5.11 Å². The topological polar surface area (TPSA) is 123 Å². The molecule has 0 aliphatic rings. The van der Waals surface area contributed by atoms with Gasteiger partial charge in [-0.2, -0.15) is 0 Å². The second-order valence-corrected chi connectivity index (χ2v) is 5.14. The van der Waals surface area contributed by atoms with Crippen LogP contribution < -0.4 is 4.72 Å². The third-order valence-corrected chi connectivity index (χ3v) is 3.64. The summed E-state index contributed by atoms with van der Waals surface area (Å²) in [6.45, 7) is -0.192. The van der Waals surface area contributed by atoms with Crippen LogP contribution in [0.15, 0.2) is 23.4 Å². The predicted molar refractivity (Wildman–Crippen MR) is 63.0 cm³/mol. The quantitative estimate of drug-likeness (QED) is 0.684. The number of carbonyl (C=O) groups excluding carboxylic acids is 1. The van der Waals surface area contributed by atoms with Gasteiger partial charge in [0.05, 0.1) is 19.1 Å². The maximum atomic E-state index is 11.9. The van der Waals surface area contributed by atoms with Crippen LogP contribution in [0.4, 0.5) is 0 Å². The van der Waals surface area contributed by atoms with Crippen LogP contribution in [0.2, 0.25) is 0 Å². The smallest absolute Gasteiger partial charge is 0.337 e. The molecule has 0 radical (unpaired) electrons. The maximum absolute atomic E-state index is 11.9. The molecule has 2 N–H and O–H groups in total. The molecule has 0 saturated heterocycles. The van der Waals surface area contributed by atoms with Crippen molar-refractivity contribution in [2.24, 2.45) is 0 Å². The van der Waals surface area contributed by atoms with Crippen molar-refractivity contribution in [2.75, 3.05) is 13.7 Å². The van der Waals surface area contributed by atoms with Gasteiger partial charge in [-0.25, -0.2) is 17.9 Å². The summed E-state index contributed by atoms with van der Waals surface area (Å²) < 4.78 is 30.2. The molecule has 0 saturated carbocycles.